The molecule has 2 aromatic carbocycles. The second kappa shape index (κ2) is 7.64. The van der Waals surface area contributed by atoms with E-state index in [-0.39, 0.29) is 18.1 Å². The Morgan fingerprint density at radius 3 is 2.44 bits per heavy atom. The normalized spacial score (nSPS) is 14.7. The van der Waals surface area contributed by atoms with Crippen molar-refractivity contribution < 1.29 is 4.79 Å². The zero-order chi connectivity index (χ0) is 18.8. The van der Waals surface area contributed by atoms with Gasteiger partial charge in [0.05, 0.1) is 11.0 Å². The summed E-state index contributed by atoms with van der Waals surface area (Å²) in [5.41, 5.74) is 2.16. The third-order valence-corrected chi connectivity index (χ3v) is 6.45. The van der Waals surface area contributed by atoms with Crippen LogP contribution in [-0.2, 0) is 18.4 Å². The van der Waals surface area contributed by atoms with Crippen molar-refractivity contribution >= 4 is 34.4 Å². The van der Waals surface area contributed by atoms with Gasteiger partial charge in [0, 0.05) is 22.9 Å². The van der Waals surface area contributed by atoms with Crippen LogP contribution >= 0.6 is 11.8 Å². The number of imidazole rings is 1. The third kappa shape index (κ3) is 3.81. The number of aryl methyl sites for hydroxylation is 1. The Balaban J connectivity index is 1.44. The number of benzene rings is 2. The summed E-state index contributed by atoms with van der Waals surface area (Å²) < 4.78 is 3.08. The van der Waals surface area contributed by atoms with Gasteiger partial charge in [-0.3, -0.25) is 13.9 Å². The predicted molar refractivity (Wildman–Crippen MR) is 110 cm³/mol. The van der Waals surface area contributed by atoms with Gasteiger partial charge in [0.25, 0.3) is 0 Å². The summed E-state index contributed by atoms with van der Waals surface area (Å²) in [5, 5.41) is 3.62. The molecule has 0 atom stereocenters. The van der Waals surface area contributed by atoms with Crippen molar-refractivity contribution in [3.63, 3.8) is 0 Å². The second-order valence-corrected chi connectivity index (χ2v) is 8.39. The van der Waals surface area contributed by atoms with E-state index in [1.165, 1.54) is 35.1 Å². The fourth-order valence-electron chi connectivity index (χ4n) is 3.68. The van der Waals surface area contributed by atoms with Crippen molar-refractivity contribution in [2.75, 3.05) is 5.32 Å². The second-order valence-electron chi connectivity index (χ2n) is 7.01. The van der Waals surface area contributed by atoms with Gasteiger partial charge < -0.3 is 5.32 Å². The topological polar surface area (TPSA) is 56.0 Å². The van der Waals surface area contributed by atoms with Gasteiger partial charge in [-0.15, -0.1) is 11.8 Å². The standard InChI is InChI=1S/C21H23N3O2S/c1-23-18-8-4-5-9-19(18)24(21(23)26)14-20(25)22-15-10-12-17(13-11-15)27-16-6-2-3-7-16/h4-5,8-13,16H,2-3,6-7,14H2,1H3,(H,22,25). The van der Waals surface area contributed by atoms with Crippen LogP contribution < -0.4 is 11.0 Å². The maximum atomic E-state index is 12.5. The van der Waals surface area contributed by atoms with Crippen LogP contribution in [0.25, 0.3) is 11.0 Å². The first kappa shape index (κ1) is 17.9. The molecule has 1 N–H and O–H groups in total. The average Bonchev–Trinajstić information content (AvgIpc) is 3.27. The van der Waals surface area contributed by atoms with Gasteiger partial charge in [-0.1, -0.05) is 25.0 Å². The van der Waals surface area contributed by atoms with Gasteiger partial charge in [-0.25, -0.2) is 4.79 Å². The van der Waals surface area contributed by atoms with E-state index in [9.17, 15) is 9.59 Å². The lowest BCUT2D eigenvalue weighted by Gasteiger charge is -2.10. The highest BCUT2D eigenvalue weighted by atomic mass is 32.2. The van der Waals surface area contributed by atoms with E-state index in [4.69, 9.17) is 0 Å². The molecule has 4 rings (SSSR count). The van der Waals surface area contributed by atoms with Crippen molar-refractivity contribution in [3.8, 4) is 0 Å². The highest BCUT2D eigenvalue weighted by molar-refractivity contribution is 8.00. The van der Waals surface area contributed by atoms with Gasteiger partial charge in [-0.2, -0.15) is 0 Å². The van der Waals surface area contributed by atoms with Crippen LogP contribution in [-0.4, -0.2) is 20.3 Å². The van der Waals surface area contributed by atoms with E-state index in [0.717, 1.165) is 22.0 Å². The Hall–Kier alpha value is -2.47. The lowest BCUT2D eigenvalue weighted by atomic mass is 10.3. The molecule has 140 valence electrons. The molecule has 27 heavy (non-hydrogen) atoms. The first-order valence-corrected chi connectivity index (χ1v) is 10.2. The van der Waals surface area contributed by atoms with Crippen molar-refractivity contribution in [1.29, 1.82) is 0 Å². The number of hydrogen-bond donors (Lipinski definition) is 1. The smallest absolute Gasteiger partial charge is 0.325 e. The maximum absolute atomic E-state index is 12.5. The molecule has 1 fully saturated rings. The number of para-hydroxylation sites is 2. The number of rotatable bonds is 5. The Bertz CT molecular complexity index is 1010. The molecular formula is C21H23N3O2S. The quantitative estimate of drug-likeness (QED) is 0.726. The molecule has 1 amide bonds. The Morgan fingerprint density at radius 2 is 1.74 bits per heavy atom. The van der Waals surface area contributed by atoms with Gasteiger partial charge in [0.15, 0.2) is 0 Å². The average molecular weight is 382 g/mol. The molecule has 1 aliphatic rings. The number of hydrogen-bond acceptors (Lipinski definition) is 3. The van der Waals surface area contributed by atoms with Crippen molar-refractivity contribution in [1.82, 2.24) is 9.13 Å². The predicted octanol–water partition coefficient (Wildman–Crippen LogP) is 4.01. The molecule has 5 nitrogen and oxygen atoms in total. The minimum atomic E-state index is -0.204. The van der Waals surface area contributed by atoms with Crippen LogP contribution in [0.2, 0.25) is 0 Å². The molecule has 0 unspecified atom stereocenters. The number of carbonyl (C=O) groups is 1. The minimum Gasteiger partial charge on any atom is -0.325 e. The number of nitrogens with zero attached hydrogens (tertiary/aromatic N) is 2. The van der Waals surface area contributed by atoms with Crippen LogP contribution in [0.1, 0.15) is 25.7 Å². The van der Waals surface area contributed by atoms with Gasteiger partial charge in [-0.05, 0) is 49.2 Å². The molecule has 0 aliphatic heterocycles. The molecule has 1 heterocycles. The van der Waals surface area contributed by atoms with E-state index in [2.05, 4.69) is 17.4 Å². The number of nitrogens with one attached hydrogen (secondary N) is 1. The Labute approximate surface area is 162 Å². The van der Waals surface area contributed by atoms with Crippen molar-refractivity contribution in [3.05, 3.63) is 59.0 Å². The molecule has 0 radical (unpaired) electrons. The van der Waals surface area contributed by atoms with Gasteiger partial charge >= 0.3 is 5.69 Å². The van der Waals surface area contributed by atoms with E-state index in [0.29, 0.717) is 0 Å². The van der Waals surface area contributed by atoms with Crippen LogP contribution in [0.4, 0.5) is 5.69 Å². The van der Waals surface area contributed by atoms with Crippen molar-refractivity contribution in [2.24, 2.45) is 7.05 Å². The molecule has 6 heteroatoms. The lowest BCUT2D eigenvalue weighted by Crippen LogP contribution is -2.28. The number of amides is 1. The molecule has 0 saturated heterocycles. The number of carbonyl (C=O) groups excluding carboxylic acids is 1. The summed E-state index contributed by atoms with van der Waals surface area (Å²) in [5.74, 6) is -0.204. The molecule has 1 aromatic heterocycles. The third-order valence-electron chi connectivity index (χ3n) is 5.10. The molecule has 3 aromatic rings. The van der Waals surface area contributed by atoms with Gasteiger partial charge in [0.1, 0.15) is 6.54 Å². The lowest BCUT2D eigenvalue weighted by molar-refractivity contribution is -0.116. The summed E-state index contributed by atoms with van der Waals surface area (Å²) >= 11 is 1.93. The van der Waals surface area contributed by atoms with Crippen LogP contribution in [0.3, 0.4) is 0 Å². The van der Waals surface area contributed by atoms with Crippen LogP contribution in [0, 0.1) is 0 Å². The number of anilines is 1. The van der Waals surface area contributed by atoms with Crippen molar-refractivity contribution in [2.45, 2.75) is 42.4 Å². The summed E-state index contributed by atoms with van der Waals surface area (Å²) in [6.07, 6.45) is 5.25. The Kier molecular flexibility index (Phi) is 5.07. The highest BCUT2D eigenvalue weighted by Gasteiger charge is 2.16. The number of aromatic nitrogens is 2. The van der Waals surface area contributed by atoms with E-state index >= 15 is 0 Å². The monoisotopic (exact) mass is 381 g/mol. The highest BCUT2D eigenvalue weighted by Crippen LogP contribution is 2.34. The first-order valence-electron chi connectivity index (χ1n) is 9.32. The number of thioether (sulfide) groups is 1. The van der Waals surface area contributed by atoms with E-state index < -0.39 is 0 Å². The zero-order valence-corrected chi connectivity index (χ0v) is 16.2. The first-order chi connectivity index (χ1) is 13.1. The summed E-state index contributed by atoms with van der Waals surface area (Å²) in [6.45, 7) is -0.00123. The molecule has 1 saturated carbocycles. The largest absolute Gasteiger partial charge is 0.329 e. The van der Waals surface area contributed by atoms with E-state index in [1.807, 2.05) is 48.2 Å². The van der Waals surface area contributed by atoms with Crippen LogP contribution in [0.15, 0.2) is 58.2 Å². The summed E-state index contributed by atoms with van der Waals surface area (Å²) in [4.78, 5) is 26.1. The zero-order valence-electron chi connectivity index (χ0n) is 15.4. The SMILES string of the molecule is Cn1c(=O)n(CC(=O)Nc2ccc(SC3CCCC3)cc2)c2ccccc21. The van der Waals surface area contributed by atoms with Crippen LogP contribution in [0.5, 0.6) is 0 Å². The Morgan fingerprint density at radius 1 is 1.07 bits per heavy atom. The summed E-state index contributed by atoms with van der Waals surface area (Å²) in [7, 11) is 1.72. The van der Waals surface area contributed by atoms with E-state index in [1.54, 1.807) is 11.6 Å². The molecular weight excluding hydrogens is 358 g/mol. The minimum absolute atomic E-state index is 0.00123. The molecule has 0 spiro atoms. The maximum Gasteiger partial charge on any atom is 0.329 e. The molecule has 1 aliphatic carbocycles. The van der Waals surface area contributed by atoms with Gasteiger partial charge in [0.2, 0.25) is 5.91 Å². The molecule has 0 bridgehead atoms. The fourth-order valence-corrected chi connectivity index (χ4v) is 4.92. The number of fused-ring (bicyclic) bond motifs is 1. The fraction of sp³-hybridized carbons (Fsp3) is 0.333. The summed E-state index contributed by atoms with van der Waals surface area (Å²) in [6, 6.07) is 15.5.